The predicted molar refractivity (Wildman–Crippen MR) is 120 cm³/mol. The first-order valence-corrected chi connectivity index (χ1v) is 11.2. The molecule has 4 heteroatoms. The molecule has 0 amide bonds. The van der Waals surface area contributed by atoms with Crippen LogP contribution in [0, 0.1) is 0 Å². The van der Waals surface area contributed by atoms with Crippen LogP contribution < -0.4 is 4.74 Å². The fraction of sp³-hybridized carbons (Fsp3) is 0.462. The average Bonchev–Trinajstić information content (AvgIpc) is 2.76. The number of unbranched alkanes of at least 4 members (excludes halogenated alkanes) is 6. The Morgan fingerprint density at radius 3 is 2.10 bits per heavy atom. The van der Waals surface area contributed by atoms with E-state index in [0.29, 0.717) is 18.8 Å². The SMILES string of the molecule is CCCCCCCCCOC(=O)CCCC(=O)Oc1ccccc1-c1ccccc1. The largest absolute Gasteiger partial charge is 0.466 e. The van der Waals surface area contributed by atoms with Gasteiger partial charge in [0.2, 0.25) is 0 Å². The molecule has 0 aromatic heterocycles. The van der Waals surface area contributed by atoms with E-state index in [1.807, 2.05) is 48.5 Å². The van der Waals surface area contributed by atoms with Crippen LogP contribution in [0.4, 0.5) is 0 Å². The molecule has 30 heavy (non-hydrogen) atoms. The minimum atomic E-state index is -0.335. The van der Waals surface area contributed by atoms with Gasteiger partial charge in [0.15, 0.2) is 0 Å². The van der Waals surface area contributed by atoms with Crippen LogP contribution in [0.2, 0.25) is 0 Å². The van der Waals surface area contributed by atoms with Crippen LogP contribution >= 0.6 is 0 Å². The second-order valence-corrected chi connectivity index (χ2v) is 7.53. The summed E-state index contributed by atoms with van der Waals surface area (Å²) in [6, 6.07) is 17.3. The van der Waals surface area contributed by atoms with Crippen molar-refractivity contribution in [1.82, 2.24) is 0 Å². The molecular formula is C26H34O4. The maximum absolute atomic E-state index is 12.2. The normalized spacial score (nSPS) is 10.6. The Hall–Kier alpha value is -2.62. The maximum Gasteiger partial charge on any atom is 0.311 e. The third-order valence-electron chi connectivity index (χ3n) is 4.97. The van der Waals surface area contributed by atoms with Crippen LogP contribution in [0.15, 0.2) is 54.6 Å². The third kappa shape index (κ3) is 9.25. The quantitative estimate of drug-likeness (QED) is 0.197. The lowest BCUT2D eigenvalue weighted by Gasteiger charge is -2.10. The first-order valence-electron chi connectivity index (χ1n) is 11.2. The molecule has 0 aliphatic carbocycles. The summed E-state index contributed by atoms with van der Waals surface area (Å²) < 4.78 is 10.8. The van der Waals surface area contributed by atoms with E-state index in [0.717, 1.165) is 24.0 Å². The van der Waals surface area contributed by atoms with E-state index in [1.54, 1.807) is 6.07 Å². The van der Waals surface area contributed by atoms with Gasteiger partial charge in [0.05, 0.1) is 6.61 Å². The molecule has 0 N–H and O–H groups in total. The first-order chi connectivity index (χ1) is 14.7. The van der Waals surface area contributed by atoms with Gasteiger partial charge >= 0.3 is 11.9 Å². The van der Waals surface area contributed by atoms with E-state index in [9.17, 15) is 9.59 Å². The molecule has 0 spiro atoms. The van der Waals surface area contributed by atoms with Gasteiger partial charge in [-0.25, -0.2) is 0 Å². The molecule has 2 aromatic rings. The Morgan fingerprint density at radius 2 is 1.33 bits per heavy atom. The van der Waals surface area contributed by atoms with Crippen molar-refractivity contribution in [2.24, 2.45) is 0 Å². The maximum atomic E-state index is 12.2. The highest BCUT2D eigenvalue weighted by atomic mass is 16.5. The number of carbonyl (C=O) groups excluding carboxylic acids is 2. The molecule has 0 heterocycles. The molecule has 0 unspecified atom stereocenters. The fourth-order valence-electron chi connectivity index (χ4n) is 3.28. The summed E-state index contributed by atoms with van der Waals surface area (Å²) in [5.74, 6) is -0.0352. The highest BCUT2D eigenvalue weighted by Gasteiger charge is 2.11. The van der Waals surface area contributed by atoms with Crippen LogP contribution in [0.3, 0.4) is 0 Å². The topological polar surface area (TPSA) is 52.6 Å². The summed E-state index contributed by atoms with van der Waals surface area (Å²) in [6.07, 6.45) is 9.19. The monoisotopic (exact) mass is 410 g/mol. The summed E-state index contributed by atoms with van der Waals surface area (Å²) in [7, 11) is 0. The molecule has 2 aromatic carbocycles. The van der Waals surface area contributed by atoms with E-state index in [-0.39, 0.29) is 24.8 Å². The van der Waals surface area contributed by atoms with Crippen molar-refractivity contribution in [3.05, 3.63) is 54.6 Å². The lowest BCUT2D eigenvalue weighted by atomic mass is 10.1. The molecule has 0 bridgehead atoms. The van der Waals surface area contributed by atoms with Crippen molar-refractivity contribution in [2.45, 2.75) is 71.1 Å². The Labute approximate surface area is 180 Å². The standard InChI is InChI=1S/C26H34O4/c1-2-3-4-5-6-7-13-21-29-25(27)19-14-20-26(28)30-24-18-12-11-17-23(24)22-15-9-8-10-16-22/h8-12,15-18H,2-7,13-14,19-21H2,1H3. The predicted octanol–water partition coefficient (Wildman–Crippen LogP) is 6.72. The Kier molecular flexibility index (Phi) is 11.3. The number of rotatable bonds is 14. The van der Waals surface area contributed by atoms with Crippen molar-refractivity contribution >= 4 is 11.9 Å². The van der Waals surface area contributed by atoms with Crippen LogP contribution in [-0.4, -0.2) is 18.5 Å². The highest BCUT2D eigenvalue weighted by molar-refractivity contribution is 5.78. The number of carbonyl (C=O) groups is 2. The van der Waals surface area contributed by atoms with Crippen LogP contribution in [0.5, 0.6) is 5.75 Å². The van der Waals surface area contributed by atoms with Crippen LogP contribution in [0.25, 0.3) is 11.1 Å². The lowest BCUT2D eigenvalue weighted by molar-refractivity contribution is -0.144. The van der Waals surface area contributed by atoms with Gasteiger partial charge < -0.3 is 9.47 Å². The minimum Gasteiger partial charge on any atom is -0.466 e. The van der Waals surface area contributed by atoms with Gasteiger partial charge in [-0.2, -0.15) is 0 Å². The number of hydrogen-bond donors (Lipinski definition) is 0. The van der Waals surface area contributed by atoms with E-state index < -0.39 is 0 Å². The van der Waals surface area contributed by atoms with Crippen molar-refractivity contribution in [2.75, 3.05) is 6.61 Å². The van der Waals surface area contributed by atoms with Gasteiger partial charge in [0, 0.05) is 18.4 Å². The Bertz CT molecular complexity index is 755. The van der Waals surface area contributed by atoms with E-state index >= 15 is 0 Å². The van der Waals surface area contributed by atoms with Gasteiger partial charge in [0.1, 0.15) is 5.75 Å². The number of benzene rings is 2. The first kappa shape index (κ1) is 23.7. The summed E-state index contributed by atoms with van der Waals surface area (Å²) in [5.41, 5.74) is 1.87. The van der Waals surface area contributed by atoms with Gasteiger partial charge in [-0.1, -0.05) is 94.0 Å². The van der Waals surface area contributed by atoms with Gasteiger partial charge in [-0.15, -0.1) is 0 Å². The molecule has 0 atom stereocenters. The number of para-hydroxylation sites is 1. The molecule has 0 aliphatic heterocycles. The van der Waals surface area contributed by atoms with Crippen LogP contribution in [0.1, 0.15) is 71.1 Å². The van der Waals surface area contributed by atoms with E-state index in [4.69, 9.17) is 9.47 Å². The highest BCUT2D eigenvalue weighted by Crippen LogP contribution is 2.29. The zero-order valence-electron chi connectivity index (χ0n) is 18.1. The molecule has 4 nitrogen and oxygen atoms in total. The molecule has 0 radical (unpaired) electrons. The lowest BCUT2D eigenvalue weighted by Crippen LogP contribution is -2.11. The van der Waals surface area contributed by atoms with Crippen molar-refractivity contribution in [3.8, 4) is 16.9 Å². The fourth-order valence-corrected chi connectivity index (χ4v) is 3.28. The van der Waals surface area contributed by atoms with Crippen molar-refractivity contribution in [1.29, 1.82) is 0 Å². The van der Waals surface area contributed by atoms with Gasteiger partial charge in [0.25, 0.3) is 0 Å². The zero-order valence-corrected chi connectivity index (χ0v) is 18.1. The molecule has 0 aliphatic rings. The second-order valence-electron chi connectivity index (χ2n) is 7.53. The Balaban J connectivity index is 1.62. The number of esters is 2. The number of hydrogen-bond acceptors (Lipinski definition) is 4. The van der Waals surface area contributed by atoms with E-state index in [2.05, 4.69) is 6.92 Å². The summed E-state index contributed by atoms with van der Waals surface area (Å²) >= 11 is 0. The third-order valence-corrected chi connectivity index (χ3v) is 4.97. The van der Waals surface area contributed by atoms with Gasteiger partial charge in [-0.05, 0) is 24.5 Å². The Morgan fingerprint density at radius 1 is 0.700 bits per heavy atom. The summed E-state index contributed by atoms with van der Waals surface area (Å²) in [4.78, 5) is 24.0. The molecule has 0 saturated carbocycles. The molecule has 0 fully saturated rings. The van der Waals surface area contributed by atoms with E-state index in [1.165, 1.54) is 32.1 Å². The molecule has 162 valence electrons. The molecule has 0 saturated heterocycles. The van der Waals surface area contributed by atoms with Crippen LogP contribution in [-0.2, 0) is 14.3 Å². The number of ether oxygens (including phenoxy) is 2. The molecule has 2 rings (SSSR count). The second kappa shape index (κ2) is 14.4. The minimum absolute atomic E-state index is 0.190. The smallest absolute Gasteiger partial charge is 0.311 e. The zero-order chi connectivity index (χ0) is 21.4. The average molecular weight is 411 g/mol. The van der Waals surface area contributed by atoms with Crippen molar-refractivity contribution < 1.29 is 19.1 Å². The van der Waals surface area contributed by atoms with Gasteiger partial charge in [-0.3, -0.25) is 9.59 Å². The molecular weight excluding hydrogens is 376 g/mol. The van der Waals surface area contributed by atoms with Crippen molar-refractivity contribution in [3.63, 3.8) is 0 Å². The summed E-state index contributed by atoms with van der Waals surface area (Å²) in [5, 5.41) is 0. The summed E-state index contributed by atoms with van der Waals surface area (Å²) in [6.45, 7) is 2.68.